The monoisotopic (exact) mass is 462 g/mol. The number of guanidine groups is 1. The summed E-state index contributed by atoms with van der Waals surface area (Å²) in [6, 6.07) is 6.00. The highest BCUT2D eigenvalue weighted by molar-refractivity contribution is 14.0. The van der Waals surface area contributed by atoms with Crippen LogP contribution in [0.2, 0.25) is 0 Å². The average Bonchev–Trinajstić information content (AvgIpc) is 2.52. The number of nitrogens with zero attached hydrogens (tertiary/aromatic N) is 1. The average molecular weight is 462 g/mol. The van der Waals surface area contributed by atoms with Crippen LogP contribution in [0.25, 0.3) is 0 Å². The van der Waals surface area contributed by atoms with Crippen molar-refractivity contribution >= 4 is 41.5 Å². The molecule has 1 aromatic carbocycles. The van der Waals surface area contributed by atoms with Gasteiger partial charge in [-0.3, -0.25) is 4.79 Å². The lowest BCUT2D eigenvalue weighted by atomic mass is 10.1. The van der Waals surface area contributed by atoms with Crippen molar-refractivity contribution in [2.45, 2.75) is 47.2 Å². The molecule has 25 heavy (non-hydrogen) atoms. The minimum Gasteiger partial charge on any atom is -0.495 e. The standard InChI is InChI=1S/C18H30N4O2.HI/c1-7-19-18(21-13(4)12(2)3)20-11-15-8-9-17(24-6)16(10-15)22-14(5)23;/h8-10,12-13H,7,11H2,1-6H3,(H,22,23)(H2,19,20,21);1H. The summed E-state index contributed by atoms with van der Waals surface area (Å²) in [5, 5.41) is 9.43. The molecule has 1 unspecified atom stereocenters. The Labute approximate surface area is 168 Å². The molecule has 1 atom stereocenters. The number of ether oxygens (including phenoxy) is 1. The molecule has 7 heteroatoms. The van der Waals surface area contributed by atoms with E-state index in [2.05, 4.69) is 41.7 Å². The molecule has 0 aliphatic rings. The number of hydrogen-bond donors (Lipinski definition) is 3. The Hall–Kier alpha value is -1.51. The summed E-state index contributed by atoms with van der Waals surface area (Å²) in [6.45, 7) is 11.3. The maximum atomic E-state index is 11.3. The number of anilines is 1. The Morgan fingerprint density at radius 2 is 1.96 bits per heavy atom. The molecule has 1 amide bonds. The number of carbonyl (C=O) groups excluding carboxylic acids is 1. The first kappa shape index (κ1) is 23.5. The lowest BCUT2D eigenvalue weighted by molar-refractivity contribution is -0.114. The lowest BCUT2D eigenvalue weighted by Gasteiger charge is -2.20. The molecule has 0 heterocycles. The molecule has 0 bridgehead atoms. The van der Waals surface area contributed by atoms with Crippen molar-refractivity contribution < 1.29 is 9.53 Å². The zero-order valence-corrected chi connectivity index (χ0v) is 18.3. The van der Waals surface area contributed by atoms with Gasteiger partial charge in [0, 0.05) is 19.5 Å². The van der Waals surface area contributed by atoms with Crippen LogP contribution >= 0.6 is 24.0 Å². The number of benzene rings is 1. The number of carbonyl (C=O) groups is 1. The van der Waals surface area contributed by atoms with Gasteiger partial charge in [0.25, 0.3) is 0 Å². The van der Waals surface area contributed by atoms with Crippen LogP contribution in [0.1, 0.15) is 40.2 Å². The van der Waals surface area contributed by atoms with Crippen LogP contribution in [0.5, 0.6) is 5.75 Å². The van der Waals surface area contributed by atoms with E-state index in [4.69, 9.17) is 4.74 Å². The van der Waals surface area contributed by atoms with Crippen molar-refractivity contribution in [2.75, 3.05) is 19.0 Å². The second kappa shape index (κ2) is 11.9. The van der Waals surface area contributed by atoms with E-state index in [1.165, 1.54) is 6.92 Å². The fourth-order valence-electron chi connectivity index (χ4n) is 2.01. The second-order valence-electron chi connectivity index (χ2n) is 6.09. The van der Waals surface area contributed by atoms with Crippen LogP contribution in [0, 0.1) is 5.92 Å². The van der Waals surface area contributed by atoms with E-state index in [-0.39, 0.29) is 29.9 Å². The Kier molecular flexibility index (Phi) is 11.2. The van der Waals surface area contributed by atoms with Crippen molar-refractivity contribution in [3.63, 3.8) is 0 Å². The molecule has 0 aromatic heterocycles. The minimum absolute atomic E-state index is 0. The summed E-state index contributed by atoms with van der Waals surface area (Å²) in [5.74, 6) is 1.81. The van der Waals surface area contributed by atoms with Crippen LogP contribution < -0.4 is 20.7 Å². The highest BCUT2D eigenvalue weighted by atomic mass is 127. The van der Waals surface area contributed by atoms with E-state index in [0.717, 1.165) is 18.1 Å². The first-order valence-electron chi connectivity index (χ1n) is 8.36. The topological polar surface area (TPSA) is 74.8 Å². The third kappa shape index (κ3) is 8.42. The first-order chi connectivity index (χ1) is 11.4. The van der Waals surface area contributed by atoms with Gasteiger partial charge in [0.1, 0.15) is 5.75 Å². The molecule has 0 saturated heterocycles. The highest BCUT2D eigenvalue weighted by Crippen LogP contribution is 2.25. The molecule has 1 aromatic rings. The minimum atomic E-state index is -0.130. The maximum Gasteiger partial charge on any atom is 0.221 e. The summed E-state index contributed by atoms with van der Waals surface area (Å²) >= 11 is 0. The molecule has 0 radical (unpaired) electrons. The van der Waals surface area contributed by atoms with Gasteiger partial charge in [-0.15, -0.1) is 24.0 Å². The zero-order valence-electron chi connectivity index (χ0n) is 16.0. The molecule has 142 valence electrons. The third-order valence-electron chi connectivity index (χ3n) is 3.70. The van der Waals surface area contributed by atoms with Gasteiger partial charge < -0.3 is 20.7 Å². The normalized spacial score (nSPS) is 12.2. The summed E-state index contributed by atoms with van der Waals surface area (Å²) in [5.41, 5.74) is 1.65. The number of aliphatic imine (C=N–C) groups is 1. The zero-order chi connectivity index (χ0) is 18.1. The van der Waals surface area contributed by atoms with E-state index in [1.807, 2.05) is 25.1 Å². The van der Waals surface area contributed by atoms with Crippen molar-refractivity contribution in [3.05, 3.63) is 23.8 Å². The fraction of sp³-hybridized carbons (Fsp3) is 0.556. The molecule has 0 spiro atoms. The van der Waals surface area contributed by atoms with E-state index in [0.29, 0.717) is 29.9 Å². The number of nitrogens with one attached hydrogen (secondary N) is 3. The quantitative estimate of drug-likeness (QED) is 0.330. The van der Waals surface area contributed by atoms with Crippen LogP contribution in [-0.4, -0.2) is 31.6 Å². The molecular weight excluding hydrogens is 431 g/mol. The molecule has 0 aliphatic heterocycles. The number of methoxy groups -OCH3 is 1. The Bertz CT molecular complexity index is 576. The van der Waals surface area contributed by atoms with Gasteiger partial charge in [0.05, 0.1) is 19.3 Å². The first-order valence-corrected chi connectivity index (χ1v) is 8.36. The Morgan fingerprint density at radius 3 is 2.48 bits per heavy atom. The summed E-state index contributed by atoms with van der Waals surface area (Å²) in [4.78, 5) is 15.9. The third-order valence-corrected chi connectivity index (χ3v) is 3.70. The number of rotatable bonds is 7. The van der Waals surface area contributed by atoms with E-state index in [1.54, 1.807) is 7.11 Å². The molecular formula is C18H31IN4O2. The fourth-order valence-corrected chi connectivity index (χ4v) is 2.01. The number of amides is 1. The van der Waals surface area contributed by atoms with Crippen molar-refractivity contribution in [1.82, 2.24) is 10.6 Å². The van der Waals surface area contributed by atoms with Crippen LogP contribution in [0.3, 0.4) is 0 Å². The Morgan fingerprint density at radius 1 is 1.28 bits per heavy atom. The van der Waals surface area contributed by atoms with Crippen LogP contribution in [-0.2, 0) is 11.3 Å². The van der Waals surface area contributed by atoms with E-state index < -0.39 is 0 Å². The van der Waals surface area contributed by atoms with Gasteiger partial charge >= 0.3 is 0 Å². The van der Waals surface area contributed by atoms with Gasteiger partial charge in [-0.25, -0.2) is 4.99 Å². The van der Waals surface area contributed by atoms with Gasteiger partial charge in [-0.05, 0) is 37.5 Å². The van der Waals surface area contributed by atoms with Crippen LogP contribution in [0.15, 0.2) is 23.2 Å². The second-order valence-corrected chi connectivity index (χ2v) is 6.09. The number of hydrogen-bond acceptors (Lipinski definition) is 3. The van der Waals surface area contributed by atoms with Crippen molar-refractivity contribution in [1.29, 1.82) is 0 Å². The lowest BCUT2D eigenvalue weighted by Crippen LogP contribution is -2.44. The summed E-state index contributed by atoms with van der Waals surface area (Å²) in [7, 11) is 1.58. The summed E-state index contributed by atoms with van der Waals surface area (Å²) < 4.78 is 5.27. The SMILES string of the molecule is CCNC(=NCc1ccc(OC)c(NC(C)=O)c1)NC(C)C(C)C.I. The van der Waals surface area contributed by atoms with Gasteiger partial charge in [-0.2, -0.15) is 0 Å². The summed E-state index contributed by atoms with van der Waals surface area (Å²) in [6.07, 6.45) is 0. The molecule has 6 nitrogen and oxygen atoms in total. The van der Waals surface area contributed by atoms with Gasteiger partial charge in [0.2, 0.25) is 5.91 Å². The van der Waals surface area contributed by atoms with Gasteiger partial charge in [0.15, 0.2) is 5.96 Å². The smallest absolute Gasteiger partial charge is 0.221 e. The molecule has 0 fully saturated rings. The van der Waals surface area contributed by atoms with Crippen molar-refractivity contribution in [2.24, 2.45) is 10.9 Å². The largest absolute Gasteiger partial charge is 0.495 e. The number of halogens is 1. The van der Waals surface area contributed by atoms with E-state index >= 15 is 0 Å². The highest BCUT2D eigenvalue weighted by Gasteiger charge is 2.09. The molecule has 0 saturated carbocycles. The Balaban J connectivity index is 0.00000576. The van der Waals surface area contributed by atoms with Crippen LogP contribution in [0.4, 0.5) is 5.69 Å². The molecule has 3 N–H and O–H groups in total. The predicted molar refractivity (Wildman–Crippen MR) is 115 cm³/mol. The van der Waals surface area contributed by atoms with E-state index in [9.17, 15) is 4.79 Å². The molecule has 1 rings (SSSR count). The molecule has 0 aliphatic carbocycles. The maximum absolute atomic E-state index is 11.3. The van der Waals surface area contributed by atoms with Crippen molar-refractivity contribution in [3.8, 4) is 5.75 Å². The predicted octanol–water partition coefficient (Wildman–Crippen LogP) is 3.37. The van der Waals surface area contributed by atoms with Gasteiger partial charge in [-0.1, -0.05) is 19.9 Å².